The van der Waals surface area contributed by atoms with Gasteiger partial charge in [0.25, 0.3) is 11.5 Å². The summed E-state index contributed by atoms with van der Waals surface area (Å²) in [5.74, 6) is -0.261. The van der Waals surface area contributed by atoms with Gasteiger partial charge in [-0.1, -0.05) is 6.07 Å². The molecule has 0 spiro atoms. The van der Waals surface area contributed by atoms with Gasteiger partial charge in [0.1, 0.15) is 5.49 Å². The molecule has 0 saturated heterocycles. The highest BCUT2D eigenvalue weighted by Crippen LogP contribution is 1.98. The summed E-state index contributed by atoms with van der Waals surface area (Å²) in [4.78, 5) is 28.5. The molecule has 0 bridgehead atoms. The van der Waals surface area contributed by atoms with Crippen molar-refractivity contribution < 1.29 is 4.79 Å². The summed E-state index contributed by atoms with van der Waals surface area (Å²) in [6, 6.07) is 8.41. The molecule has 0 radical (unpaired) electrons. The minimum Gasteiger partial charge on any atom is -0.319 e. The molecule has 5 heteroatoms. The summed E-state index contributed by atoms with van der Waals surface area (Å²) < 4.78 is 2.88. The van der Waals surface area contributed by atoms with E-state index in [2.05, 4.69) is 4.99 Å². The molecule has 0 aromatic carbocycles. The molecule has 2 aromatic heterocycles. The van der Waals surface area contributed by atoms with Crippen LogP contribution in [-0.4, -0.2) is 21.1 Å². The molecule has 5 nitrogen and oxygen atoms in total. The summed E-state index contributed by atoms with van der Waals surface area (Å²) in [6.45, 7) is 3.89. The standard InChI is InChI=1S/C15H17N3O2/c1-11(2)16-13-6-4-5-8-18(13)15(20)12-7-9-17(3)14(19)10-12/h4-11H,1-3H3. The van der Waals surface area contributed by atoms with Gasteiger partial charge in [-0.3, -0.25) is 19.1 Å². The van der Waals surface area contributed by atoms with Crippen molar-refractivity contribution in [3.63, 3.8) is 0 Å². The van der Waals surface area contributed by atoms with Crippen LogP contribution >= 0.6 is 0 Å². The van der Waals surface area contributed by atoms with Gasteiger partial charge in [0, 0.05) is 37.1 Å². The Hall–Kier alpha value is -2.43. The second-order valence-electron chi connectivity index (χ2n) is 4.82. The van der Waals surface area contributed by atoms with Gasteiger partial charge in [-0.25, -0.2) is 0 Å². The molecular weight excluding hydrogens is 254 g/mol. The number of nitrogens with zero attached hydrogens (tertiary/aromatic N) is 3. The molecule has 0 fully saturated rings. The minimum absolute atomic E-state index is 0.0834. The fraction of sp³-hybridized carbons (Fsp3) is 0.267. The number of pyridine rings is 2. The van der Waals surface area contributed by atoms with Crippen LogP contribution in [0.3, 0.4) is 0 Å². The number of aromatic nitrogens is 2. The average molecular weight is 271 g/mol. The highest BCUT2D eigenvalue weighted by molar-refractivity contribution is 5.95. The molecule has 2 heterocycles. The monoisotopic (exact) mass is 271 g/mol. The van der Waals surface area contributed by atoms with Gasteiger partial charge in [-0.15, -0.1) is 0 Å². The van der Waals surface area contributed by atoms with Crippen LogP contribution in [0.5, 0.6) is 0 Å². The Kier molecular flexibility index (Phi) is 3.98. The van der Waals surface area contributed by atoms with Crippen molar-refractivity contribution in [1.82, 2.24) is 9.13 Å². The molecule has 0 N–H and O–H groups in total. The zero-order chi connectivity index (χ0) is 14.7. The largest absolute Gasteiger partial charge is 0.319 e. The van der Waals surface area contributed by atoms with Gasteiger partial charge in [0.2, 0.25) is 0 Å². The van der Waals surface area contributed by atoms with Crippen molar-refractivity contribution in [2.45, 2.75) is 19.9 Å². The third kappa shape index (κ3) is 2.93. The van der Waals surface area contributed by atoms with Crippen LogP contribution in [0.2, 0.25) is 0 Å². The van der Waals surface area contributed by atoms with E-state index in [4.69, 9.17) is 0 Å². The Morgan fingerprint density at radius 1 is 1.20 bits per heavy atom. The quantitative estimate of drug-likeness (QED) is 0.823. The summed E-state index contributed by atoms with van der Waals surface area (Å²) in [7, 11) is 1.64. The smallest absolute Gasteiger partial charge is 0.263 e. The van der Waals surface area contributed by atoms with E-state index in [1.165, 1.54) is 15.2 Å². The Morgan fingerprint density at radius 2 is 1.95 bits per heavy atom. The highest BCUT2D eigenvalue weighted by atomic mass is 16.2. The van der Waals surface area contributed by atoms with Crippen LogP contribution < -0.4 is 11.0 Å². The second-order valence-corrected chi connectivity index (χ2v) is 4.82. The zero-order valence-electron chi connectivity index (χ0n) is 11.8. The van der Waals surface area contributed by atoms with Gasteiger partial charge in [-0.2, -0.15) is 0 Å². The van der Waals surface area contributed by atoms with Gasteiger partial charge in [0.05, 0.1) is 0 Å². The number of carbonyl (C=O) groups excluding carboxylic acids is 1. The molecule has 0 aliphatic rings. The molecule has 0 saturated carbocycles. The zero-order valence-corrected chi connectivity index (χ0v) is 11.8. The third-order valence-electron chi connectivity index (χ3n) is 2.80. The van der Waals surface area contributed by atoms with Crippen molar-refractivity contribution in [3.8, 4) is 0 Å². The Bertz CT molecular complexity index is 754. The number of aryl methyl sites for hydroxylation is 1. The number of rotatable bonds is 2. The van der Waals surface area contributed by atoms with Crippen molar-refractivity contribution >= 4 is 5.91 Å². The van der Waals surface area contributed by atoms with Crippen LogP contribution in [0.15, 0.2) is 52.5 Å². The molecule has 0 atom stereocenters. The normalized spacial score (nSPS) is 11.9. The molecule has 104 valence electrons. The molecule has 0 aliphatic carbocycles. The molecular formula is C15H17N3O2. The maximum atomic E-state index is 12.5. The van der Waals surface area contributed by atoms with Gasteiger partial charge >= 0.3 is 0 Å². The average Bonchev–Trinajstić information content (AvgIpc) is 2.41. The lowest BCUT2D eigenvalue weighted by Gasteiger charge is -2.07. The lowest BCUT2D eigenvalue weighted by molar-refractivity contribution is 0.0954. The summed E-state index contributed by atoms with van der Waals surface area (Å²) >= 11 is 0. The first-order chi connectivity index (χ1) is 9.49. The lowest BCUT2D eigenvalue weighted by Crippen LogP contribution is -2.29. The molecule has 0 amide bonds. The maximum Gasteiger partial charge on any atom is 0.263 e. The first-order valence-corrected chi connectivity index (χ1v) is 6.42. The van der Waals surface area contributed by atoms with E-state index in [1.54, 1.807) is 37.6 Å². The Morgan fingerprint density at radius 3 is 2.60 bits per heavy atom. The Balaban J connectivity index is 2.54. The van der Waals surface area contributed by atoms with E-state index in [1.807, 2.05) is 19.9 Å². The van der Waals surface area contributed by atoms with Crippen LogP contribution in [-0.2, 0) is 7.05 Å². The maximum absolute atomic E-state index is 12.5. The van der Waals surface area contributed by atoms with Crippen LogP contribution in [0.25, 0.3) is 0 Å². The predicted octanol–water partition coefficient (Wildman–Crippen LogP) is 1.18. The third-order valence-corrected chi connectivity index (χ3v) is 2.80. The van der Waals surface area contributed by atoms with Gasteiger partial charge < -0.3 is 4.57 Å². The molecule has 0 aliphatic heterocycles. The van der Waals surface area contributed by atoms with Crippen LogP contribution in [0.1, 0.15) is 24.2 Å². The van der Waals surface area contributed by atoms with E-state index in [0.717, 1.165) is 0 Å². The fourth-order valence-corrected chi connectivity index (χ4v) is 1.80. The number of hydrogen-bond acceptors (Lipinski definition) is 3. The predicted molar refractivity (Wildman–Crippen MR) is 76.5 cm³/mol. The fourth-order valence-electron chi connectivity index (χ4n) is 1.80. The van der Waals surface area contributed by atoms with Gasteiger partial charge in [-0.05, 0) is 32.0 Å². The second kappa shape index (κ2) is 5.69. The first kappa shape index (κ1) is 14.0. The van der Waals surface area contributed by atoms with Crippen molar-refractivity contribution in [1.29, 1.82) is 0 Å². The molecule has 2 rings (SSSR count). The van der Waals surface area contributed by atoms with E-state index in [-0.39, 0.29) is 17.5 Å². The summed E-state index contributed by atoms with van der Waals surface area (Å²) in [5.41, 5.74) is 0.715. The van der Waals surface area contributed by atoms with E-state index >= 15 is 0 Å². The topological polar surface area (TPSA) is 56.4 Å². The van der Waals surface area contributed by atoms with E-state index in [9.17, 15) is 9.59 Å². The van der Waals surface area contributed by atoms with Crippen LogP contribution in [0.4, 0.5) is 0 Å². The van der Waals surface area contributed by atoms with Crippen LogP contribution in [0, 0.1) is 0 Å². The van der Waals surface area contributed by atoms with Gasteiger partial charge in [0.15, 0.2) is 0 Å². The Labute approximate surface area is 116 Å². The highest BCUT2D eigenvalue weighted by Gasteiger charge is 2.09. The van der Waals surface area contributed by atoms with Crippen molar-refractivity contribution in [2.24, 2.45) is 12.0 Å². The van der Waals surface area contributed by atoms with Crippen molar-refractivity contribution in [2.75, 3.05) is 0 Å². The first-order valence-electron chi connectivity index (χ1n) is 6.42. The summed E-state index contributed by atoms with van der Waals surface area (Å²) in [5, 5.41) is 0. The molecule has 20 heavy (non-hydrogen) atoms. The van der Waals surface area contributed by atoms with E-state index < -0.39 is 0 Å². The summed E-state index contributed by atoms with van der Waals surface area (Å²) in [6.07, 6.45) is 3.24. The number of hydrogen-bond donors (Lipinski definition) is 0. The molecule has 2 aromatic rings. The van der Waals surface area contributed by atoms with E-state index in [0.29, 0.717) is 11.1 Å². The minimum atomic E-state index is -0.261. The van der Waals surface area contributed by atoms with Crippen molar-refractivity contribution in [3.05, 3.63) is 64.1 Å². The lowest BCUT2D eigenvalue weighted by atomic mass is 10.2. The SMILES string of the molecule is CC(C)N=c1ccccn1C(=O)c1ccn(C)c(=O)c1. The molecule has 0 unspecified atom stereocenters. The number of carbonyl (C=O) groups is 1.